The number of phenolic OH excluding ortho intramolecular Hbond substituents is 1. The Morgan fingerprint density at radius 2 is 1.78 bits per heavy atom. The third-order valence-electron chi connectivity index (χ3n) is 3.23. The topological polar surface area (TPSA) is 91.3 Å². The lowest BCUT2D eigenvalue weighted by Crippen LogP contribution is -2.34. The number of amides is 2. The van der Waals surface area contributed by atoms with Gasteiger partial charge >= 0.3 is 0 Å². The van der Waals surface area contributed by atoms with Crippen molar-refractivity contribution in [2.75, 3.05) is 13.1 Å². The number of nitrogens with zero attached hydrogens (tertiary/aromatic N) is 1. The van der Waals surface area contributed by atoms with E-state index in [2.05, 4.69) is 15.6 Å². The van der Waals surface area contributed by atoms with Crippen molar-refractivity contribution in [2.45, 2.75) is 12.8 Å². The highest BCUT2D eigenvalue weighted by molar-refractivity contribution is 5.94. The lowest BCUT2D eigenvalue weighted by molar-refractivity contribution is -0.121. The molecule has 2 rings (SSSR count). The first-order valence-corrected chi connectivity index (χ1v) is 7.38. The van der Waals surface area contributed by atoms with Crippen molar-refractivity contribution in [1.82, 2.24) is 15.6 Å². The van der Waals surface area contributed by atoms with Gasteiger partial charge in [-0.25, -0.2) is 0 Å². The molecular weight excluding hydrogens is 294 g/mol. The van der Waals surface area contributed by atoms with Gasteiger partial charge in [-0.3, -0.25) is 14.6 Å². The SMILES string of the molecule is O=C(CCc1cccnc1)NCCNC(=O)c1ccc(O)cc1. The Bertz CT molecular complexity index is 642. The van der Waals surface area contributed by atoms with E-state index in [1.165, 1.54) is 24.3 Å². The van der Waals surface area contributed by atoms with Crippen LogP contribution in [0.2, 0.25) is 0 Å². The van der Waals surface area contributed by atoms with Gasteiger partial charge in [0.25, 0.3) is 5.91 Å². The molecule has 120 valence electrons. The molecule has 6 nitrogen and oxygen atoms in total. The zero-order valence-corrected chi connectivity index (χ0v) is 12.7. The van der Waals surface area contributed by atoms with E-state index in [4.69, 9.17) is 5.11 Å². The highest BCUT2D eigenvalue weighted by Gasteiger charge is 2.05. The van der Waals surface area contributed by atoms with E-state index in [9.17, 15) is 9.59 Å². The van der Waals surface area contributed by atoms with Gasteiger partial charge in [0.1, 0.15) is 5.75 Å². The molecule has 0 radical (unpaired) electrons. The Labute approximate surface area is 134 Å². The fraction of sp³-hybridized carbons (Fsp3) is 0.235. The van der Waals surface area contributed by atoms with Crippen LogP contribution >= 0.6 is 0 Å². The first-order chi connectivity index (χ1) is 11.1. The van der Waals surface area contributed by atoms with Crippen LogP contribution in [0, 0.1) is 0 Å². The van der Waals surface area contributed by atoms with Gasteiger partial charge in [-0.15, -0.1) is 0 Å². The molecule has 1 aromatic carbocycles. The largest absolute Gasteiger partial charge is 0.508 e. The molecule has 23 heavy (non-hydrogen) atoms. The number of aromatic hydroxyl groups is 1. The standard InChI is InChI=1S/C17H19N3O3/c21-15-6-4-14(5-7-15)17(23)20-11-10-19-16(22)8-3-13-2-1-9-18-12-13/h1-2,4-7,9,12,21H,3,8,10-11H2,(H,19,22)(H,20,23). The number of phenols is 1. The van der Waals surface area contributed by atoms with Crippen molar-refractivity contribution in [2.24, 2.45) is 0 Å². The van der Waals surface area contributed by atoms with Gasteiger partial charge in [-0.2, -0.15) is 0 Å². The minimum absolute atomic E-state index is 0.0623. The predicted molar refractivity (Wildman–Crippen MR) is 86.0 cm³/mol. The van der Waals surface area contributed by atoms with E-state index >= 15 is 0 Å². The maximum Gasteiger partial charge on any atom is 0.251 e. The summed E-state index contributed by atoms with van der Waals surface area (Å²) >= 11 is 0. The van der Waals surface area contributed by atoms with E-state index in [1.54, 1.807) is 12.4 Å². The van der Waals surface area contributed by atoms with Crippen LogP contribution in [0.25, 0.3) is 0 Å². The summed E-state index contributed by atoms with van der Waals surface area (Å²) in [6.45, 7) is 0.716. The minimum atomic E-state index is -0.241. The van der Waals surface area contributed by atoms with Crippen LogP contribution in [0.1, 0.15) is 22.3 Å². The summed E-state index contributed by atoms with van der Waals surface area (Å²) in [7, 11) is 0. The molecule has 3 N–H and O–H groups in total. The number of carbonyl (C=O) groups is 2. The molecule has 0 saturated carbocycles. The summed E-state index contributed by atoms with van der Waals surface area (Å²) in [5.41, 5.74) is 1.48. The number of aryl methyl sites for hydroxylation is 1. The quantitative estimate of drug-likeness (QED) is 0.671. The van der Waals surface area contributed by atoms with Crippen molar-refractivity contribution in [3.63, 3.8) is 0 Å². The summed E-state index contributed by atoms with van der Waals surface area (Å²) in [5.74, 6) is -0.190. The molecule has 0 bridgehead atoms. The number of hydrogen-bond acceptors (Lipinski definition) is 4. The van der Waals surface area contributed by atoms with Crippen LogP contribution in [-0.4, -0.2) is 35.0 Å². The smallest absolute Gasteiger partial charge is 0.251 e. The summed E-state index contributed by atoms with van der Waals surface area (Å²) in [4.78, 5) is 27.5. The van der Waals surface area contributed by atoms with E-state index in [1.807, 2.05) is 12.1 Å². The average Bonchev–Trinajstić information content (AvgIpc) is 2.58. The Hall–Kier alpha value is -2.89. The van der Waals surface area contributed by atoms with Gasteiger partial charge in [0.05, 0.1) is 0 Å². The zero-order valence-electron chi connectivity index (χ0n) is 12.7. The normalized spacial score (nSPS) is 10.1. The van der Waals surface area contributed by atoms with Crippen molar-refractivity contribution < 1.29 is 14.7 Å². The third-order valence-corrected chi connectivity index (χ3v) is 3.23. The van der Waals surface area contributed by atoms with Gasteiger partial charge < -0.3 is 15.7 Å². The number of pyridine rings is 1. The highest BCUT2D eigenvalue weighted by Crippen LogP contribution is 2.09. The molecule has 0 aliphatic rings. The van der Waals surface area contributed by atoms with Crippen molar-refractivity contribution in [3.8, 4) is 5.75 Å². The predicted octanol–water partition coefficient (Wildman–Crippen LogP) is 1.27. The summed E-state index contributed by atoms with van der Waals surface area (Å²) in [6, 6.07) is 9.75. The second-order valence-electron chi connectivity index (χ2n) is 5.01. The molecule has 6 heteroatoms. The number of nitrogens with one attached hydrogen (secondary N) is 2. The fourth-order valence-electron chi connectivity index (χ4n) is 1.99. The van der Waals surface area contributed by atoms with Gasteiger partial charge in [-0.05, 0) is 42.3 Å². The molecule has 0 spiro atoms. The average molecular weight is 313 g/mol. The maximum atomic E-state index is 11.8. The lowest BCUT2D eigenvalue weighted by atomic mass is 10.1. The zero-order chi connectivity index (χ0) is 16.5. The lowest BCUT2D eigenvalue weighted by Gasteiger charge is -2.07. The number of rotatable bonds is 7. The summed E-state index contributed by atoms with van der Waals surface area (Å²) in [5, 5.41) is 14.6. The molecule has 1 heterocycles. The number of hydrogen-bond donors (Lipinski definition) is 3. The fourth-order valence-corrected chi connectivity index (χ4v) is 1.99. The number of benzene rings is 1. The molecule has 0 unspecified atom stereocenters. The van der Waals surface area contributed by atoms with Gasteiger partial charge in [-0.1, -0.05) is 6.07 Å². The minimum Gasteiger partial charge on any atom is -0.508 e. The Morgan fingerprint density at radius 1 is 1.04 bits per heavy atom. The maximum absolute atomic E-state index is 11.8. The van der Waals surface area contributed by atoms with Crippen LogP contribution in [0.15, 0.2) is 48.8 Å². The van der Waals surface area contributed by atoms with Crippen LogP contribution < -0.4 is 10.6 Å². The second kappa shape index (κ2) is 8.53. The molecule has 2 aromatic rings. The summed E-state index contributed by atoms with van der Waals surface area (Å²) in [6.07, 6.45) is 4.46. The molecule has 0 saturated heterocycles. The Balaban J connectivity index is 1.62. The van der Waals surface area contributed by atoms with Crippen LogP contribution in [0.5, 0.6) is 5.75 Å². The molecule has 0 aliphatic heterocycles. The molecule has 0 atom stereocenters. The van der Waals surface area contributed by atoms with E-state index in [0.29, 0.717) is 31.5 Å². The third kappa shape index (κ3) is 5.78. The van der Waals surface area contributed by atoms with Crippen LogP contribution in [0.4, 0.5) is 0 Å². The monoisotopic (exact) mass is 313 g/mol. The molecule has 0 aliphatic carbocycles. The van der Waals surface area contributed by atoms with Gasteiger partial charge in [0.15, 0.2) is 0 Å². The molecule has 0 fully saturated rings. The molecular formula is C17H19N3O3. The van der Waals surface area contributed by atoms with Gasteiger partial charge in [0, 0.05) is 37.5 Å². The van der Waals surface area contributed by atoms with Crippen molar-refractivity contribution >= 4 is 11.8 Å². The number of aromatic nitrogens is 1. The van der Waals surface area contributed by atoms with Crippen molar-refractivity contribution in [1.29, 1.82) is 0 Å². The molecule has 2 amide bonds. The van der Waals surface area contributed by atoms with Crippen LogP contribution in [0.3, 0.4) is 0 Å². The van der Waals surface area contributed by atoms with Gasteiger partial charge in [0.2, 0.25) is 5.91 Å². The van der Waals surface area contributed by atoms with E-state index in [0.717, 1.165) is 5.56 Å². The number of carbonyl (C=O) groups excluding carboxylic acids is 2. The van der Waals surface area contributed by atoms with E-state index in [-0.39, 0.29) is 17.6 Å². The first kappa shape index (κ1) is 16.5. The molecule has 1 aromatic heterocycles. The van der Waals surface area contributed by atoms with Crippen molar-refractivity contribution in [3.05, 3.63) is 59.9 Å². The van der Waals surface area contributed by atoms with Crippen LogP contribution in [-0.2, 0) is 11.2 Å². The van der Waals surface area contributed by atoms with E-state index < -0.39 is 0 Å². The highest BCUT2D eigenvalue weighted by atomic mass is 16.3. The Kier molecular flexibility index (Phi) is 6.11. The second-order valence-corrected chi connectivity index (χ2v) is 5.01. The first-order valence-electron chi connectivity index (χ1n) is 7.38. The Morgan fingerprint density at radius 3 is 2.48 bits per heavy atom. The summed E-state index contributed by atoms with van der Waals surface area (Å²) < 4.78 is 0.